The Morgan fingerprint density at radius 1 is 1.35 bits per heavy atom. The van der Waals surface area contributed by atoms with Gasteiger partial charge in [0.2, 0.25) is 0 Å². The van der Waals surface area contributed by atoms with E-state index in [0.717, 1.165) is 37.9 Å². The first-order valence-corrected chi connectivity index (χ1v) is 6.58. The number of nitrogens with zero attached hydrogens (tertiary/aromatic N) is 2. The van der Waals surface area contributed by atoms with Crippen LogP contribution in [0.2, 0.25) is 0 Å². The second-order valence-electron chi connectivity index (χ2n) is 4.61. The van der Waals surface area contributed by atoms with Gasteiger partial charge in [-0.05, 0) is 37.0 Å². The van der Waals surface area contributed by atoms with Crippen LogP contribution < -0.4 is 4.90 Å². The quantitative estimate of drug-likeness (QED) is 0.832. The third kappa shape index (κ3) is 4.18. The molecule has 1 aliphatic heterocycles. The number of halogens is 1. The Balaban J connectivity index is 0.000000612. The monoisotopic (exact) mass is 276 g/mol. The molecule has 0 aromatic heterocycles. The molecule has 1 saturated heterocycles. The van der Waals surface area contributed by atoms with Gasteiger partial charge in [0.25, 0.3) is 0 Å². The molecule has 0 aliphatic carbocycles. The van der Waals surface area contributed by atoms with Crippen LogP contribution in [-0.4, -0.2) is 19.2 Å². The maximum atomic E-state index is 13.9. The zero-order chi connectivity index (χ0) is 15.0. The maximum Gasteiger partial charge on any atom is 0.373 e. The lowest BCUT2D eigenvalue weighted by Crippen LogP contribution is -2.33. The second-order valence-corrected chi connectivity index (χ2v) is 4.61. The predicted molar refractivity (Wildman–Crippen MR) is 71.3 cm³/mol. The summed E-state index contributed by atoms with van der Waals surface area (Å²) >= 11 is 0. The highest BCUT2D eigenvalue weighted by Gasteiger charge is 2.20. The first-order valence-electron chi connectivity index (χ1n) is 6.58. The Labute approximate surface area is 117 Å². The molecule has 0 bridgehead atoms. The summed E-state index contributed by atoms with van der Waals surface area (Å²) < 4.78 is 13.9. The Hall–Kier alpha value is -2.18. The third-order valence-electron chi connectivity index (χ3n) is 3.44. The van der Waals surface area contributed by atoms with Crippen molar-refractivity contribution in [3.63, 3.8) is 0 Å². The van der Waals surface area contributed by atoms with Gasteiger partial charge in [0.15, 0.2) is 0 Å². The number of rotatable bonds is 2. The maximum absolute atomic E-state index is 13.9. The zero-order valence-electron chi connectivity index (χ0n) is 11.4. The van der Waals surface area contributed by atoms with Crippen molar-refractivity contribution in [2.45, 2.75) is 26.2 Å². The van der Waals surface area contributed by atoms with E-state index in [0.29, 0.717) is 5.69 Å². The normalized spacial score (nSPS) is 14.8. The fourth-order valence-electron chi connectivity index (χ4n) is 2.28. The van der Waals surface area contributed by atoms with Crippen LogP contribution in [0.15, 0.2) is 18.2 Å². The second kappa shape index (κ2) is 8.08. The molecule has 4 nitrogen and oxygen atoms in total. The molecule has 0 atom stereocenters. The summed E-state index contributed by atoms with van der Waals surface area (Å²) in [5.74, 6) is 0.00369. The molecule has 0 amide bonds. The molecule has 1 aliphatic rings. The lowest BCUT2D eigenvalue weighted by molar-refractivity contribution is -0.191. The summed E-state index contributed by atoms with van der Waals surface area (Å²) in [6, 6.07) is 7.75. The smallest absolute Gasteiger partial charge is 0.369 e. The van der Waals surface area contributed by atoms with Crippen molar-refractivity contribution in [1.82, 2.24) is 0 Å². The molecule has 0 spiro atoms. The van der Waals surface area contributed by atoms with Crippen molar-refractivity contribution in [3.05, 3.63) is 29.6 Å². The van der Waals surface area contributed by atoms with Crippen molar-refractivity contribution >= 4 is 11.8 Å². The minimum atomic E-state index is -0.139. The van der Waals surface area contributed by atoms with Gasteiger partial charge in [0, 0.05) is 19.0 Å². The van der Waals surface area contributed by atoms with E-state index in [1.165, 1.54) is 0 Å². The number of aryl methyl sites for hydroxylation is 1. The van der Waals surface area contributed by atoms with E-state index in [1.54, 1.807) is 6.07 Å². The van der Waals surface area contributed by atoms with Crippen LogP contribution in [0, 0.1) is 23.1 Å². The molecule has 20 heavy (non-hydrogen) atoms. The van der Waals surface area contributed by atoms with Gasteiger partial charge < -0.3 is 4.90 Å². The van der Waals surface area contributed by atoms with Crippen molar-refractivity contribution < 1.29 is 14.0 Å². The average Bonchev–Trinajstić information content (AvgIpc) is 2.48. The van der Waals surface area contributed by atoms with Crippen LogP contribution in [0.1, 0.15) is 25.3 Å². The summed E-state index contributed by atoms with van der Waals surface area (Å²) in [5.41, 5.74) is 1.71. The van der Waals surface area contributed by atoms with Gasteiger partial charge >= 0.3 is 6.15 Å². The Kier molecular flexibility index (Phi) is 6.42. The molecule has 0 N–H and O–H groups in total. The van der Waals surface area contributed by atoms with Crippen molar-refractivity contribution in [2.75, 3.05) is 18.0 Å². The number of nitriles is 1. The van der Waals surface area contributed by atoms with E-state index in [-0.39, 0.29) is 17.9 Å². The van der Waals surface area contributed by atoms with Gasteiger partial charge in [0.05, 0.1) is 11.8 Å². The summed E-state index contributed by atoms with van der Waals surface area (Å²) in [6.45, 7) is 3.58. The minimum Gasteiger partial charge on any atom is -0.369 e. The van der Waals surface area contributed by atoms with Crippen molar-refractivity contribution in [3.8, 4) is 6.07 Å². The fraction of sp³-hybridized carbons (Fsp3) is 0.467. The van der Waals surface area contributed by atoms with E-state index < -0.39 is 0 Å². The first kappa shape index (κ1) is 15.9. The summed E-state index contributed by atoms with van der Waals surface area (Å²) in [7, 11) is 0. The topological polar surface area (TPSA) is 61.2 Å². The average molecular weight is 276 g/mol. The SMILES string of the molecule is CCc1ccc(N2CCC(C#N)CC2)c(F)c1.O=C=O. The van der Waals surface area contributed by atoms with Crippen LogP contribution >= 0.6 is 0 Å². The summed E-state index contributed by atoms with van der Waals surface area (Å²) in [4.78, 5) is 18.3. The highest BCUT2D eigenvalue weighted by atomic mass is 19.1. The molecule has 1 heterocycles. The Bertz CT molecular complexity index is 511. The third-order valence-corrected chi connectivity index (χ3v) is 3.44. The Morgan fingerprint density at radius 3 is 2.40 bits per heavy atom. The minimum absolute atomic E-state index is 0.139. The molecule has 0 unspecified atom stereocenters. The first-order chi connectivity index (χ1) is 9.65. The molecule has 106 valence electrons. The van der Waals surface area contributed by atoms with Crippen LogP contribution in [0.3, 0.4) is 0 Å². The molecule has 5 heteroatoms. The van der Waals surface area contributed by atoms with Gasteiger partial charge in [-0.25, -0.2) is 4.39 Å². The summed E-state index contributed by atoms with van der Waals surface area (Å²) in [6.07, 6.45) is 2.78. The molecule has 0 saturated carbocycles. The molecule has 1 aromatic rings. The molecule has 1 fully saturated rings. The van der Waals surface area contributed by atoms with Crippen LogP contribution in [0.4, 0.5) is 10.1 Å². The highest BCUT2D eigenvalue weighted by molar-refractivity contribution is 5.49. The molecular weight excluding hydrogens is 259 g/mol. The van der Waals surface area contributed by atoms with Crippen LogP contribution in [0.25, 0.3) is 0 Å². The molecule has 2 rings (SSSR count). The highest BCUT2D eigenvalue weighted by Crippen LogP contribution is 2.26. The number of carbonyl (C=O) groups excluding carboxylic acids is 2. The lowest BCUT2D eigenvalue weighted by atomic mass is 9.98. The molecular formula is C15H17FN2O2. The summed E-state index contributed by atoms with van der Waals surface area (Å²) in [5, 5.41) is 8.83. The number of hydrogen-bond acceptors (Lipinski definition) is 4. The largest absolute Gasteiger partial charge is 0.373 e. The standard InChI is InChI=1S/C14H17FN2.CO2/c1-2-11-3-4-14(13(15)9-11)17-7-5-12(10-16)6-8-17;2-1-3/h3-4,9,12H,2,5-8H2,1H3;. The van der Waals surface area contributed by atoms with E-state index in [4.69, 9.17) is 14.9 Å². The van der Waals surface area contributed by atoms with E-state index in [1.807, 2.05) is 24.0 Å². The van der Waals surface area contributed by atoms with E-state index >= 15 is 0 Å². The van der Waals surface area contributed by atoms with Gasteiger partial charge in [0.1, 0.15) is 5.82 Å². The van der Waals surface area contributed by atoms with Crippen LogP contribution in [-0.2, 0) is 16.0 Å². The van der Waals surface area contributed by atoms with Crippen molar-refractivity contribution in [2.24, 2.45) is 5.92 Å². The number of piperidine rings is 1. The molecule has 0 radical (unpaired) electrons. The van der Waals surface area contributed by atoms with Crippen molar-refractivity contribution in [1.29, 1.82) is 5.26 Å². The van der Waals surface area contributed by atoms with Gasteiger partial charge in [-0.1, -0.05) is 13.0 Å². The zero-order valence-corrected chi connectivity index (χ0v) is 11.4. The number of anilines is 1. The van der Waals surface area contributed by atoms with Crippen LogP contribution in [0.5, 0.6) is 0 Å². The van der Waals surface area contributed by atoms with Gasteiger partial charge in [-0.2, -0.15) is 14.9 Å². The number of hydrogen-bond donors (Lipinski definition) is 0. The predicted octanol–water partition coefficient (Wildman–Crippen LogP) is 2.54. The van der Waals surface area contributed by atoms with Gasteiger partial charge in [-0.15, -0.1) is 0 Å². The van der Waals surface area contributed by atoms with Gasteiger partial charge in [-0.3, -0.25) is 0 Å². The lowest BCUT2D eigenvalue weighted by Gasteiger charge is -2.31. The van der Waals surface area contributed by atoms with E-state index in [2.05, 4.69) is 6.07 Å². The molecule has 1 aromatic carbocycles. The Morgan fingerprint density at radius 2 is 1.95 bits per heavy atom. The van der Waals surface area contributed by atoms with E-state index in [9.17, 15) is 4.39 Å². The number of benzene rings is 1. The fourth-order valence-corrected chi connectivity index (χ4v) is 2.28.